The van der Waals surface area contributed by atoms with Crippen molar-refractivity contribution in [3.8, 4) is 0 Å². The van der Waals surface area contributed by atoms with Gasteiger partial charge in [0.1, 0.15) is 6.26 Å². The molecule has 0 spiro atoms. The minimum Gasteiger partial charge on any atom is -0.461 e. The molecule has 0 saturated carbocycles. The monoisotopic (exact) mass is 398 g/mol. The van der Waals surface area contributed by atoms with E-state index in [0.717, 1.165) is 11.1 Å². The maximum Gasteiger partial charge on any atom is 0.264 e. The summed E-state index contributed by atoms with van der Waals surface area (Å²) < 4.78 is 10.7. The lowest BCUT2D eigenvalue weighted by molar-refractivity contribution is -0.115. The van der Waals surface area contributed by atoms with Gasteiger partial charge in [0.15, 0.2) is 10.9 Å². The van der Waals surface area contributed by atoms with Crippen molar-refractivity contribution < 1.29 is 14.3 Å². The van der Waals surface area contributed by atoms with Gasteiger partial charge in [0.05, 0.1) is 15.6 Å². The molecule has 7 heteroatoms. The van der Waals surface area contributed by atoms with Crippen LogP contribution >= 0.6 is 23.4 Å². The summed E-state index contributed by atoms with van der Waals surface area (Å²) in [5.74, 6) is 0.351. The van der Waals surface area contributed by atoms with Crippen LogP contribution in [-0.4, -0.2) is 17.9 Å². The molecule has 0 bridgehead atoms. The van der Waals surface area contributed by atoms with Crippen LogP contribution in [-0.2, 0) is 20.7 Å². The van der Waals surface area contributed by atoms with Crippen LogP contribution < -0.4 is 5.32 Å². The third-order valence-corrected chi connectivity index (χ3v) is 5.31. The molecule has 136 valence electrons. The number of benzene rings is 2. The molecule has 2 aromatic carbocycles. The summed E-state index contributed by atoms with van der Waals surface area (Å²) in [6.45, 7) is 0.147. The molecular formula is C20H15ClN2O3S. The van der Waals surface area contributed by atoms with Crippen molar-refractivity contribution in [2.45, 2.75) is 6.42 Å². The highest BCUT2D eigenvalue weighted by Crippen LogP contribution is 2.35. The third-order valence-electron chi connectivity index (χ3n) is 3.97. The molecule has 0 aliphatic carbocycles. The van der Waals surface area contributed by atoms with E-state index in [2.05, 4.69) is 10.3 Å². The van der Waals surface area contributed by atoms with Crippen LogP contribution in [0.5, 0.6) is 0 Å². The lowest BCUT2D eigenvalue weighted by Gasteiger charge is -2.09. The standard InChI is InChI=1S/C20H15ClN2O3S/c21-15-8-4-5-9-16(15)22-20-23-19(24)18(27-20)14(17-11-25-12-26-17)10-13-6-2-1-3-7-13/h1-9,11H,10,12H2,(H,22,23,24). The number of hydrogen-bond acceptors (Lipinski definition) is 5. The summed E-state index contributed by atoms with van der Waals surface area (Å²) in [6, 6.07) is 17.1. The first-order valence-corrected chi connectivity index (χ1v) is 9.44. The van der Waals surface area contributed by atoms with Crippen molar-refractivity contribution >= 4 is 40.1 Å². The molecule has 2 aliphatic rings. The van der Waals surface area contributed by atoms with Gasteiger partial charge >= 0.3 is 0 Å². The zero-order valence-electron chi connectivity index (χ0n) is 14.1. The first-order valence-electron chi connectivity index (χ1n) is 8.25. The Morgan fingerprint density at radius 2 is 1.93 bits per heavy atom. The van der Waals surface area contributed by atoms with Crippen LogP contribution in [0.1, 0.15) is 5.56 Å². The molecule has 0 unspecified atom stereocenters. The van der Waals surface area contributed by atoms with Gasteiger partial charge in [-0.1, -0.05) is 54.1 Å². The highest BCUT2D eigenvalue weighted by molar-refractivity contribution is 8.18. The van der Waals surface area contributed by atoms with E-state index in [1.807, 2.05) is 42.5 Å². The van der Waals surface area contributed by atoms with Gasteiger partial charge in [0.25, 0.3) is 5.91 Å². The van der Waals surface area contributed by atoms with Gasteiger partial charge in [-0.05, 0) is 29.5 Å². The average molecular weight is 399 g/mol. The number of hydrogen-bond donors (Lipinski definition) is 1. The first kappa shape index (κ1) is 17.7. The Labute approximate surface area is 165 Å². The van der Waals surface area contributed by atoms with Crippen LogP contribution in [0.25, 0.3) is 0 Å². The smallest absolute Gasteiger partial charge is 0.264 e. The maximum atomic E-state index is 12.6. The topological polar surface area (TPSA) is 59.9 Å². The number of para-hydroxylation sites is 1. The Kier molecular flexibility index (Phi) is 5.18. The number of carbonyl (C=O) groups excluding carboxylic acids is 1. The normalized spacial score (nSPS) is 19.4. The van der Waals surface area contributed by atoms with Crippen LogP contribution in [0.2, 0.25) is 5.02 Å². The predicted octanol–water partition coefficient (Wildman–Crippen LogP) is 4.53. The molecule has 1 N–H and O–H groups in total. The molecular weight excluding hydrogens is 384 g/mol. The Bertz CT molecular complexity index is 970. The number of rotatable bonds is 4. The largest absolute Gasteiger partial charge is 0.461 e. The van der Waals surface area contributed by atoms with E-state index in [0.29, 0.717) is 33.0 Å². The molecule has 2 aromatic rings. The van der Waals surface area contributed by atoms with Crippen LogP contribution in [0.15, 0.2) is 82.1 Å². The Hall–Kier alpha value is -2.70. The number of allylic oxidation sites excluding steroid dienone is 1. The second kappa shape index (κ2) is 7.90. The number of carbonyl (C=O) groups is 1. The van der Waals surface area contributed by atoms with Gasteiger partial charge < -0.3 is 14.8 Å². The van der Waals surface area contributed by atoms with E-state index in [1.54, 1.807) is 18.4 Å². The number of ether oxygens (including phenoxy) is 2. The molecule has 4 rings (SSSR count). The van der Waals surface area contributed by atoms with Crippen molar-refractivity contribution in [3.05, 3.63) is 87.7 Å². The third kappa shape index (κ3) is 4.02. The summed E-state index contributed by atoms with van der Waals surface area (Å²) in [4.78, 5) is 17.6. The van der Waals surface area contributed by atoms with Gasteiger partial charge in [0.2, 0.25) is 6.79 Å². The first-order chi connectivity index (χ1) is 13.2. The minimum atomic E-state index is -0.215. The fourth-order valence-electron chi connectivity index (χ4n) is 2.70. The van der Waals surface area contributed by atoms with E-state index in [1.165, 1.54) is 11.8 Å². The molecule has 0 radical (unpaired) electrons. The van der Waals surface area contributed by atoms with Gasteiger partial charge in [-0.25, -0.2) is 4.99 Å². The minimum absolute atomic E-state index is 0.147. The molecule has 5 nitrogen and oxygen atoms in total. The van der Waals surface area contributed by atoms with E-state index in [9.17, 15) is 4.79 Å². The average Bonchev–Trinajstić information content (AvgIpc) is 3.33. The Balaban J connectivity index is 1.69. The number of halogens is 1. The molecule has 0 aromatic heterocycles. The zero-order chi connectivity index (χ0) is 18.6. The highest BCUT2D eigenvalue weighted by atomic mass is 35.5. The van der Waals surface area contributed by atoms with Crippen molar-refractivity contribution in [1.29, 1.82) is 0 Å². The molecule has 1 fully saturated rings. The summed E-state index contributed by atoms with van der Waals surface area (Å²) in [5.41, 5.74) is 2.44. The molecule has 27 heavy (non-hydrogen) atoms. The number of aliphatic imine (C=N–C) groups is 1. The second-order valence-electron chi connectivity index (χ2n) is 5.81. The van der Waals surface area contributed by atoms with Crippen molar-refractivity contribution in [2.24, 2.45) is 4.99 Å². The molecule has 2 heterocycles. The fourth-order valence-corrected chi connectivity index (χ4v) is 3.80. The number of amides is 1. The SMILES string of the molecule is O=C1NC(=Nc2ccccc2Cl)SC1=C(Cc1ccccc1)C1=COCO1. The van der Waals surface area contributed by atoms with Crippen molar-refractivity contribution in [2.75, 3.05) is 6.79 Å². The van der Waals surface area contributed by atoms with Gasteiger partial charge in [-0.3, -0.25) is 4.79 Å². The van der Waals surface area contributed by atoms with Gasteiger partial charge in [0, 0.05) is 12.0 Å². The van der Waals surface area contributed by atoms with E-state index >= 15 is 0 Å². The number of thioether (sulfide) groups is 1. The Morgan fingerprint density at radius 1 is 1.15 bits per heavy atom. The zero-order valence-corrected chi connectivity index (χ0v) is 15.7. The summed E-state index contributed by atoms with van der Waals surface area (Å²) >= 11 is 7.43. The van der Waals surface area contributed by atoms with Crippen LogP contribution in [0.4, 0.5) is 5.69 Å². The fraction of sp³-hybridized carbons (Fsp3) is 0.100. The quantitative estimate of drug-likeness (QED) is 0.768. The van der Waals surface area contributed by atoms with Crippen LogP contribution in [0, 0.1) is 0 Å². The lowest BCUT2D eigenvalue weighted by Crippen LogP contribution is -2.20. The summed E-state index contributed by atoms with van der Waals surface area (Å²) in [6.07, 6.45) is 2.09. The van der Waals surface area contributed by atoms with Crippen LogP contribution in [0.3, 0.4) is 0 Å². The van der Waals surface area contributed by atoms with Crippen molar-refractivity contribution in [1.82, 2.24) is 5.32 Å². The Morgan fingerprint density at radius 3 is 2.67 bits per heavy atom. The lowest BCUT2D eigenvalue weighted by atomic mass is 10.0. The summed E-state index contributed by atoms with van der Waals surface area (Å²) in [5, 5.41) is 3.81. The molecule has 0 atom stereocenters. The number of amidine groups is 1. The van der Waals surface area contributed by atoms with E-state index in [4.69, 9.17) is 21.1 Å². The highest BCUT2D eigenvalue weighted by Gasteiger charge is 2.30. The number of nitrogens with one attached hydrogen (secondary N) is 1. The van der Waals surface area contributed by atoms with Gasteiger partial charge in [-0.2, -0.15) is 0 Å². The predicted molar refractivity (Wildman–Crippen MR) is 107 cm³/mol. The number of nitrogens with zero attached hydrogens (tertiary/aromatic N) is 1. The van der Waals surface area contributed by atoms with E-state index in [-0.39, 0.29) is 12.7 Å². The summed E-state index contributed by atoms with van der Waals surface area (Å²) in [7, 11) is 0. The molecule has 2 aliphatic heterocycles. The maximum absolute atomic E-state index is 12.6. The van der Waals surface area contributed by atoms with Gasteiger partial charge in [-0.15, -0.1) is 0 Å². The second-order valence-corrected chi connectivity index (χ2v) is 7.21. The molecule has 1 saturated heterocycles. The molecule has 1 amide bonds. The van der Waals surface area contributed by atoms with E-state index < -0.39 is 0 Å². The van der Waals surface area contributed by atoms with Crippen molar-refractivity contribution in [3.63, 3.8) is 0 Å².